The third-order valence-electron chi connectivity index (χ3n) is 1.82. The van der Waals surface area contributed by atoms with Gasteiger partial charge in [0, 0.05) is 10.9 Å². The molecule has 0 amide bonds. The minimum absolute atomic E-state index is 0. The lowest BCUT2D eigenvalue weighted by Gasteiger charge is -1.95. The predicted molar refractivity (Wildman–Crippen MR) is 52.2 cm³/mol. The van der Waals surface area contributed by atoms with Gasteiger partial charge in [0.1, 0.15) is 5.58 Å². The van der Waals surface area contributed by atoms with Gasteiger partial charge >= 0.3 is 5.63 Å². The summed E-state index contributed by atoms with van der Waals surface area (Å²) in [6, 6.07) is 9.31. The van der Waals surface area contributed by atoms with Gasteiger partial charge in [-0.15, -0.1) is 0 Å². The Balaban J connectivity index is 0.000000845. The van der Waals surface area contributed by atoms with E-state index >= 15 is 0 Å². The topological polar surface area (TPSA) is 65.2 Å². The molecule has 13 heavy (non-hydrogen) atoms. The predicted octanol–water partition coefficient (Wildman–Crippen LogP) is 2.26. The minimum Gasteiger partial charge on any atom is -0.423 e. The Hall–Kier alpha value is -1.61. The summed E-state index contributed by atoms with van der Waals surface area (Å²) in [5, 5.41) is 0.967. The molecule has 3 heteroatoms. The summed E-state index contributed by atoms with van der Waals surface area (Å²) in [5.41, 5.74) is 1.04. The van der Waals surface area contributed by atoms with Crippen molar-refractivity contribution in [2.24, 2.45) is 0 Å². The zero-order chi connectivity index (χ0) is 8.55. The molecule has 0 aliphatic rings. The number of fused-ring (bicyclic) bond motifs is 1. The quantitative estimate of drug-likeness (QED) is 0.627. The first-order valence-electron chi connectivity index (χ1n) is 3.77. The van der Waals surface area contributed by atoms with Gasteiger partial charge in [0.15, 0.2) is 0 Å². The molecule has 1 aromatic heterocycles. The number of rotatable bonds is 0. The molecule has 3 N–H and O–H groups in total. The molecule has 0 radical (unpaired) electrons. The van der Waals surface area contributed by atoms with E-state index in [0.717, 1.165) is 5.39 Å². The largest absolute Gasteiger partial charge is 0.423 e. The Bertz CT molecular complexity index is 474. The molecule has 0 unspecified atom stereocenters. The van der Waals surface area contributed by atoms with E-state index < -0.39 is 0 Å². The Morgan fingerprint density at radius 3 is 2.69 bits per heavy atom. The highest BCUT2D eigenvalue weighted by atomic mass is 16.4. The van der Waals surface area contributed by atoms with Gasteiger partial charge in [-0.1, -0.05) is 18.2 Å². The van der Waals surface area contributed by atoms with Crippen LogP contribution in [0.5, 0.6) is 0 Å². The molecule has 0 atom stereocenters. The third kappa shape index (κ3) is 1.60. The summed E-state index contributed by atoms with van der Waals surface area (Å²) in [6.45, 7) is 1.75. The van der Waals surface area contributed by atoms with Crippen LogP contribution in [0.3, 0.4) is 0 Å². The SMILES string of the molecule is Cc1cc2ccccc2oc1=O.N. The van der Waals surface area contributed by atoms with Gasteiger partial charge in [0.25, 0.3) is 0 Å². The Morgan fingerprint density at radius 2 is 1.92 bits per heavy atom. The van der Waals surface area contributed by atoms with E-state index in [2.05, 4.69) is 0 Å². The van der Waals surface area contributed by atoms with Crippen LogP contribution in [-0.2, 0) is 0 Å². The molecule has 0 bridgehead atoms. The zero-order valence-electron chi connectivity index (χ0n) is 7.41. The van der Waals surface area contributed by atoms with Crippen molar-refractivity contribution in [1.29, 1.82) is 0 Å². The summed E-state index contributed by atoms with van der Waals surface area (Å²) in [4.78, 5) is 11.1. The minimum atomic E-state index is -0.256. The van der Waals surface area contributed by atoms with Gasteiger partial charge < -0.3 is 10.6 Å². The van der Waals surface area contributed by atoms with Crippen molar-refractivity contribution < 1.29 is 4.42 Å². The molecule has 0 aliphatic carbocycles. The van der Waals surface area contributed by atoms with Crippen LogP contribution in [0.15, 0.2) is 39.5 Å². The number of aryl methyl sites for hydroxylation is 1. The third-order valence-corrected chi connectivity index (χ3v) is 1.82. The van der Waals surface area contributed by atoms with Crippen molar-refractivity contribution in [3.63, 3.8) is 0 Å². The van der Waals surface area contributed by atoms with Gasteiger partial charge in [-0.2, -0.15) is 0 Å². The van der Waals surface area contributed by atoms with Crippen LogP contribution in [0.1, 0.15) is 5.56 Å². The van der Waals surface area contributed by atoms with Gasteiger partial charge in [-0.3, -0.25) is 0 Å². The van der Waals surface area contributed by atoms with E-state index in [1.165, 1.54) is 0 Å². The number of hydrogen-bond acceptors (Lipinski definition) is 3. The van der Waals surface area contributed by atoms with E-state index in [1.807, 2.05) is 24.3 Å². The zero-order valence-corrected chi connectivity index (χ0v) is 7.41. The van der Waals surface area contributed by atoms with E-state index in [1.54, 1.807) is 13.0 Å². The molecule has 0 spiro atoms. The molecule has 2 aromatic rings. The molecule has 0 aliphatic heterocycles. The molecule has 1 heterocycles. The maximum atomic E-state index is 11.1. The smallest absolute Gasteiger partial charge is 0.339 e. The van der Waals surface area contributed by atoms with Crippen molar-refractivity contribution in [3.05, 3.63) is 46.3 Å². The molecular formula is C10H11NO2. The highest BCUT2D eigenvalue weighted by Crippen LogP contribution is 2.11. The van der Waals surface area contributed by atoms with Crippen LogP contribution in [-0.4, -0.2) is 0 Å². The van der Waals surface area contributed by atoms with Crippen LogP contribution in [0.25, 0.3) is 11.0 Å². The maximum Gasteiger partial charge on any atom is 0.339 e. The summed E-state index contributed by atoms with van der Waals surface area (Å²) in [6.07, 6.45) is 0. The Labute approximate surface area is 75.6 Å². The monoisotopic (exact) mass is 177 g/mol. The summed E-state index contributed by atoms with van der Waals surface area (Å²) in [5.74, 6) is 0. The maximum absolute atomic E-state index is 11.1. The van der Waals surface area contributed by atoms with Crippen molar-refractivity contribution in [2.45, 2.75) is 6.92 Å². The summed E-state index contributed by atoms with van der Waals surface area (Å²) in [7, 11) is 0. The van der Waals surface area contributed by atoms with Gasteiger partial charge in [0.05, 0.1) is 0 Å². The van der Waals surface area contributed by atoms with Crippen molar-refractivity contribution in [1.82, 2.24) is 6.15 Å². The Morgan fingerprint density at radius 1 is 1.23 bits per heavy atom. The summed E-state index contributed by atoms with van der Waals surface area (Å²) >= 11 is 0. The summed E-state index contributed by atoms with van der Waals surface area (Å²) < 4.78 is 5.04. The normalized spacial score (nSPS) is 9.62. The first-order valence-corrected chi connectivity index (χ1v) is 3.77. The highest BCUT2D eigenvalue weighted by Gasteiger charge is 1.98. The van der Waals surface area contributed by atoms with Gasteiger partial charge in [-0.25, -0.2) is 4.79 Å². The fourth-order valence-corrected chi connectivity index (χ4v) is 1.17. The first-order chi connectivity index (χ1) is 5.77. The van der Waals surface area contributed by atoms with Gasteiger partial charge in [-0.05, 0) is 19.1 Å². The number of hydrogen-bond donors (Lipinski definition) is 1. The van der Waals surface area contributed by atoms with E-state index in [9.17, 15) is 4.79 Å². The van der Waals surface area contributed by atoms with Crippen molar-refractivity contribution >= 4 is 11.0 Å². The van der Waals surface area contributed by atoms with E-state index in [-0.39, 0.29) is 11.8 Å². The molecule has 0 fully saturated rings. The lowest BCUT2D eigenvalue weighted by molar-refractivity contribution is 0.555. The van der Waals surface area contributed by atoms with E-state index in [0.29, 0.717) is 11.1 Å². The van der Waals surface area contributed by atoms with Crippen LogP contribution < -0.4 is 11.8 Å². The Kier molecular flexibility index (Phi) is 2.49. The second-order valence-corrected chi connectivity index (χ2v) is 2.75. The second kappa shape index (κ2) is 3.41. The molecular weight excluding hydrogens is 166 g/mol. The molecule has 0 saturated carbocycles. The average Bonchev–Trinajstić information content (AvgIpc) is 2.07. The van der Waals surface area contributed by atoms with Gasteiger partial charge in [0.2, 0.25) is 0 Å². The number of benzene rings is 1. The standard InChI is InChI=1S/C10H8O2.H3N/c1-7-6-8-4-2-3-5-9(8)12-10(7)11;/h2-6H,1H3;1H3. The second-order valence-electron chi connectivity index (χ2n) is 2.75. The number of para-hydroxylation sites is 1. The van der Waals surface area contributed by atoms with Crippen LogP contribution in [0.2, 0.25) is 0 Å². The molecule has 0 saturated heterocycles. The fraction of sp³-hybridized carbons (Fsp3) is 0.100. The first kappa shape index (κ1) is 9.48. The highest BCUT2D eigenvalue weighted by molar-refractivity contribution is 5.76. The molecule has 3 nitrogen and oxygen atoms in total. The van der Waals surface area contributed by atoms with Crippen molar-refractivity contribution in [3.8, 4) is 0 Å². The lowest BCUT2D eigenvalue weighted by atomic mass is 10.2. The lowest BCUT2D eigenvalue weighted by Crippen LogP contribution is -2.01. The molecule has 1 aromatic carbocycles. The molecule has 2 rings (SSSR count). The van der Waals surface area contributed by atoms with Crippen LogP contribution in [0, 0.1) is 6.92 Å². The van der Waals surface area contributed by atoms with Crippen LogP contribution in [0.4, 0.5) is 0 Å². The van der Waals surface area contributed by atoms with Crippen molar-refractivity contribution in [2.75, 3.05) is 0 Å². The molecule has 68 valence electrons. The van der Waals surface area contributed by atoms with E-state index in [4.69, 9.17) is 4.42 Å². The average molecular weight is 177 g/mol. The fourth-order valence-electron chi connectivity index (χ4n) is 1.17. The van der Waals surface area contributed by atoms with Crippen LogP contribution >= 0.6 is 0 Å².